The molecule has 1 N–H and O–H groups in total. The summed E-state index contributed by atoms with van der Waals surface area (Å²) in [5, 5.41) is 8.89. The highest BCUT2D eigenvalue weighted by atomic mass is 16.4. The Bertz CT molecular complexity index is 548. The Morgan fingerprint density at radius 2 is 2.12 bits per heavy atom. The molecule has 2 aromatic rings. The first kappa shape index (κ1) is 10.3. The van der Waals surface area contributed by atoms with E-state index in [1.165, 1.54) is 6.07 Å². The minimum atomic E-state index is -1.07. The van der Waals surface area contributed by atoms with Crippen LogP contribution in [0, 0.1) is 13.8 Å². The Labute approximate surface area is 91.6 Å². The number of nitrogens with zero attached hydrogens (tertiary/aromatic N) is 4. The van der Waals surface area contributed by atoms with Gasteiger partial charge in [0.05, 0.1) is 0 Å². The number of aromatic nitrogens is 4. The van der Waals surface area contributed by atoms with Crippen molar-refractivity contribution in [2.45, 2.75) is 13.8 Å². The van der Waals surface area contributed by atoms with Crippen molar-refractivity contribution in [1.29, 1.82) is 0 Å². The predicted octanol–water partition coefficient (Wildman–Crippen LogP) is 0.977. The zero-order valence-electron chi connectivity index (χ0n) is 8.88. The summed E-state index contributed by atoms with van der Waals surface area (Å²) < 4.78 is 1.64. The summed E-state index contributed by atoms with van der Waals surface area (Å²) >= 11 is 0. The molecule has 2 aromatic heterocycles. The van der Waals surface area contributed by atoms with Crippen LogP contribution >= 0.6 is 0 Å². The van der Waals surface area contributed by atoms with Gasteiger partial charge in [-0.25, -0.2) is 19.7 Å². The number of carbonyl (C=O) groups is 1. The molecule has 0 bridgehead atoms. The number of imidazole rings is 1. The number of carboxylic acids is 1. The van der Waals surface area contributed by atoms with Crippen LogP contribution in [0.1, 0.15) is 21.9 Å². The zero-order valence-corrected chi connectivity index (χ0v) is 8.88. The molecule has 16 heavy (non-hydrogen) atoms. The van der Waals surface area contributed by atoms with Crippen LogP contribution in [0.2, 0.25) is 0 Å². The van der Waals surface area contributed by atoms with Gasteiger partial charge in [-0.15, -0.1) is 0 Å². The standard InChI is InChI=1S/C10H10N4O2/c1-6-3-8(9(15)16)13-10(12-6)14-5-11-4-7(14)2/h3-5H,1-2H3,(H,15,16). The maximum atomic E-state index is 10.8. The number of aromatic carboxylic acids is 1. The number of carboxylic acid groups (broad SMARTS) is 1. The lowest BCUT2D eigenvalue weighted by Gasteiger charge is -2.05. The van der Waals surface area contributed by atoms with E-state index in [0.717, 1.165) is 5.69 Å². The lowest BCUT2D eigenvalue weighted by molar-refractivity contribution is 0.0690. The summed E-state index contributed by atoms with van der Waals surface area (Å²) in [7, 11) is 0. The van der Waals surface area contributed by atoms with Crippen LogP contribution in [-0.2, 0) is 0 Å². The topological polar surface area (TPSA) is 80.9 Å². The molecule has 2 rings (SSSR count). The quantitative estimate of drug-likeness (QED) is 0.812. The maximum absolute atomic E-state index is 10.8. The van der Waals surface area contributed by atoms with E-state index in [1.54, 1.807) is 24.0 Å². The third-order valence-corrected chi connectivity index (χ3v) is 2.10. The number of hydrogen-bond acceptors (Lipinski definition) is 4. The van der Waals surface area contributed by atoms with Crippen LogP contribution in [0.4, 0.5) is 0 Å². The van der Waals surface area contributed by atoms with Gasteiger partial charge in [0.25, 0.3) is 0 Å². The van der Waals surface area contributed by atoms with Gasteiger partial charge < -0.3 is 5.11 Å². The summed E-state index contributed by atoms with van der Waals surface area (Å²) in [5.41, 5.74) is 1.44. The molecule has 0 spiro atoms. The van der Waals surface area contributed by atoms with Crippen LogP contribution in [0.15, 0.2) is 18.6 Å². The molecular weight excluding hydrogens is 208 g/mol. The molecule has 0 unspecified atom stereocenters. The van der Waals surface area contributed by atoms with Crippen molar-refractivity contribution in [3.63, 3.8) is 0 Å². The molecule has 0 aliphatic carbocycles. The molecular formula is C10H10N4O2. The zero-order chi connectivity index (χ0) is 11.7. The highest BCUT2D eigenvalue weighted by molar-refractivity contribution is 5.85. The van der Waals surface area contributed by atoms with Gasteiger partial charge in [0, 0.05) is 17.6 Å². The van der Waals surface area contributed by atoms with Gasteiger partial charge in [-0.05, 0) is 19.9 Å². The van der Waals surface area contributed by atoms with Gasteiger partial charge in [0.2, 0.25) is 5.95 Å². The van der Waals surface area contributed by atoms with Crippen LogP contribution in [0.25, 0.3) is 5.95 Å². The van der Waals surface area contributed by atoms with E-state index in [1.807, 2.05) is 6.92 Å². The van der Waals surface area contributed by atoms with Crippen molar-refractivity contribution in [3.8, 4) is 5.95 Å². The summed E-state index contributed by atoms with van der Waals surface area (Å²) in [6.45, 7) is 3.57. The fourth-order valence-electron chi connectivity index (χ4n) is 1.34. The summed E-state index contributed by atoms with van der Waals surface area (Å²) in [6, 6.07) is 1.43. The molecule has 2 heterocycles. The summed E-state index contributed by atoms with van der Waals surface area (Å²) in [5.74, 6) is -0.739. The van der Waals surface area contributed by atoms with Gasteiger partial charge in [-0.1, -0.05) is 0 Å². The molecule has 0 fully saturated rings. The molecule has 82 valence electrons. The first-order valence-electron chi connectivity index (χ1n) is 4.66. The largest absolute Gasteiger partial charge is 0.477 e. The fourth-order valence-corrected chi connectivity index (χ4v) is 1.34. The second-order valence-corrected chi connectivity index (χ2v) is 3.40. The number of rotatable bonds is 2. The Kier molecular flexibility index (Phi) is 2.40. The average Bonchev–Trinajstić information content (AvgIpc) is 2.63. The highest BCUT2D eigenvalue weighted by Crippen LogP contribution is 2.08. The molecule has 0 saturated carbocycles. The van der Waals surface area contributed by atoms with Gasteiger partial charge >= 0.3 is 5.97 Å². The second-order valence-electron chi connectivity index (χ2n) is 3.40. The molecule has 0 radical (unpaired) electrons. The minimum Gasteiger partial charge on any atom is -0.477 e. The number of hydrogen-bond donors (Lipinski definition) is 1. The van der Waals surface area contributed by atoms with Crippen LogP contribution in [0.3, 0.4) is 0 Å². The van der Waals surface area contributed by atoms with Crippen molar-refractivity contribution in [2.75, 3.05) is 0 Å². The molecule has 0 atom stereocenters. The molecule has 6 heteroatoms. The predicted molar refractivity (Wildman–Crippen MR) is 55.6 cm³/mol. The van der Waals surface area contributed by atoms with Gasteiger partial charge in [-0.3, -0.25) is 4.57 Å². The smallest absolute Gasteiger partial charge is 0.354 e. The second kappa shape index (κ2) is 3.73. The minimum absolute atomic E-state index is 0.0180. The molecule has 0 aromatic carbocycles. The van der Waals surface area contributed by atoms with Gasteiger partial charge in [0.1, 0.15) is 6.33 Å². The van der Waals surface area contributed by atoms with Gasteiger partial charge in [-0.2, -0.15) is 0 Å². The Morgan fingerprint density at radius 1 is 1.38 bits per heavy atom. The Hall–Kier alpha value is -2.24. The molecule has 0 aliphatic heterocycles. The van der Waals surface area contributed by atoms with Gasteiger partial charge in [0.15, 0.2) is 5.69 Å². The Morgan fingerprint density at radius 3 is 2.69 bits per heavy atom. The summed E-state index contributed by atoms with van der Waals surface area (Å²) in [6.07, 6.45) is 3.21. The van der Waals surface area contributed by atoms with Crippen LogP contribution in [0.5, 0.6) is 0 Å². The Balaban J connectivity index is 2.58. The van der Waals surface area contributed by atoms with Crippen LogP contribution in [-0.4, -0.2) is 30.6 Å². The van der Waals surface area contributed by atoms with Crippen LogP contribution < -0.4 is 0 Å². The molecule has 6 nitrogen and oxygen atoms in total. The average molecular weight is 218 g/mol. The normalized spacial score (nSPS) is 10.4. The monoisotopic (exact) mass is 218 g/mol. The van der Waals surface area contributed by atoms with Crippen molar-refractivity contribution in [3.05, 3.63) is 35.7 Å². The molecule has 0 aliphatic rings. The molecule has 0 saturated heterocycles. The van der Waals surface area contributed by atoms with Crippen molar-refractivity contribution < 1.29 is 9.90 Å². The van der Waals surface area contributed by atoms with E-state index in [0.29, 0.717) is 11.6 Å². The van der Waals surface area contributed by atoms with Crippen molar-refractivity contribution in [1.82, 2.24) is 19.5 Å². The van der Waals surface area contributed by atoms with E-state index in [2.05, 4.69) is 15.0 Å². The van der Waals surface area contributed by atoms with E-state index < -0.39 is 5.97 Å². The fraction of sp³-hybridized carbons (Fsp3) is 0.200. The summed E-state index contributed by atoms with van der Waals surface area (Å²) in [4.78, 5) is 22.9. The van der Waals surface area contributed by atoms with Crippen molar-refractivity contribution >= 4 is 5.97 Å². The SMILES string of the molecule is Cc1cc(C(=O)O)nc(-n2cncc2C)n1. The molecule has 0 amide bonds. The lowest BCUT2D eigenvalue weighted by atomic mass is 10.3. The van der Waals surface area contributed by atoms with E-state index in [9.17, 15) is 4.79 Å². The van der Waals surface area contributed by atoms with E-state index in [-0.39, 0.29) is 5.69 Å². The number of aryl methyl sites for hydroxylation is 2. The third-order valence-electron chi connectivity index (χ3n) is 2.10. The van der Waals surface area contributed by atoms with Crippen molar-refractivity contribution in [2.24, 2.45) is 0 Å². The highest BCUT2D eigenvalue weighted by Gasteiger charge is 2.10. The van der Waals surface area contributed by atoms with E-state index >= 15 is 0 Å². The van der Waals surface area contributed by atoms with E-state index in [4.69, 9.17) is 5.11 Å². The maximum Gasteiger partial charge on any atom is 0.354 e. The lowest BCUT2D eigenvalue weighted by Crippen LogP contribution is -2.09. The third kappa shape index (κ3) is 1.77. The first-order chi connectivity index (χ1) is 7.58. The first-order valence-corrected chi connectivity index (χ1v) is 4.66.